The standard InChI is InChI=1S/C29H31NO6/c1-19-23(26(32)28(35-3)27(34-2)25(19)31)16-21-12-13-22(29(33)30-14-8-5-9-15-30)24(17-21)36-18-20-10-6-4-7-11-20/h4,6-7,10-13,17H,5,8-9,14-16,18H2,1-3H3. The van der Waals surface area contributed by atoms with Crippen molar-refractivity contribution in [3.8, 4) is 5.75 Å². The molecule has 2 aliphatic rings. The Morgan fingerprint density at radius 3 is 2.19 bits per heavy atom. The van der Waals surface area contributed by atoms with E-state index in [1.807, 2.05) is 41.3 Å². The lowest BCUT2D eigenvalue weighted by Crippen LogP contribution is -2.35. The molecule has 4 rings (SSSR count). The Kier molecular flexibility index (Phi) is 7.88. The Balaban J connectivity index is 1.65. The smallest absolute Gasteiger partial charge is 0.257 e. The third-order valence-corrected chi connectivity index (χ3v) is 6.63. The number of Topliss-reactive ketones (excluding diaryl/α,β-unsaturated/α-hetero) is 2. The molecule has 0 radical (unpaired) electrons. The van der Waals surface area contributed by atoms with Crippen LogP contribution in [-0.4, -0.2) is 49.7 Å². The van der Waals surface area contributed by atoms with Gasteiger partial charge in [-0.05, 0) is 49.4 Å². The number of carbonyl (C=O) groups is 3. The zero-order valence-corrected chi connectivity index (χ0v) is 21.0. The third kappa shape index (κ3) is 5.20. The summed E-state index contributed by atoms with van der Waals surface area (Å²) in [6, 6.07) is 15.1. The lowest BCUT2D eigenvalue weighted by molar-refractivity contribution is -0.121. The maximum atomic E-state index is 13.3. The van der Waals surface area contributed by atoms with E-state index < -0.39 is 0 Å². The average molecular weight is 490 g/mol. The Bertz CT molecular complexity index is 1220. The second kappa shape index (κ2) is 11.2. The molecule has 0 saturated carbocycles. The number of nitrogens with zero attached hydrogens (tertiary/aromatic N) is 1. The number of likely N-dealkylation sites (tertiary alicyclic amines) is 1. The van der Waals surface area contributed by atoms with Crippen LogP contribution in [-0.2, 0) is 32.1 Å². The quantitative estimate of drug-likeness (QED) is 0.511. The van der Waals surface area contributed by atoms with Gasteiger partial charge in [-0.15, -0.1) is 0 Å². The number of allylic oxidation sites excluding steroid dienone is 2. The van der Waals surface area contributed by atoms with E-state index in [1.54, 1.807) is 19.1 Å². The van der Waals surface area contributed by atoms with Crippen LogP contribution in [0.1, 0.15) is 47.7 Å². The molecule has 0 aromatic heterocycles. The minimum atomic E-state index is -0.383. The van der Waals surface area contributed by atoms with Crippen LogP contribution >= 0.6 is 0 Å². The SMILES string of the molecule is COC1=C(OC)C(=O)C(Cc2ccc(C(=O)N3CCCCC3)c(OCc3ccccc3)c2)=C(C)C1=O. The molecule has 1 aliphatic carbocycles. The fraction of sp³-hybridized carbons (Fsp3) is 0.345. The minimum Gasteiger partial charge on any atom is -0.489 e. The van der Waals surface area contributed by atoms with Gasteiger partial charge in [0.25, 0.3) is 5.91 Å². The number of methoxy groups -OCH3 is 2. The van der Waals surface area contributed by atoms with Crippen LogP contribution in [0.4, 0.5) is 0 Å². The highest BCUT2D eigenvalue weighted by molar-refractivity contribution is 6.23. The molecule has 1 fully saturated rings. The normalized spacial score (nSPS) is 16.4. The van der Waals surface area contributed by atoms with Gasteiger partial charge < -0.3 is 19.1 Å². The average Bonchev–Trinajstić information content (AvgIpc) is 2.92. The van der Waals surface area contributed by atoms with E-state index in [4.69, 9.17) is 14.2 Å². The molecule has 0 spiro atoms. The third-order valence-electron chi connectivity index (χ3n) is 6.63. The molecule has 1 aliphatic heterocycles. The number of amides is 1. The van der Waals surface area contributed by atoms with E-state index >= 15 is 0 Å². The molecule has 36 heavy (non-hydrogen) atoms. The van der Waals surface area contributed by atoms with Gasteiger partial charge in [0.15, 0.2) is 0 Å². The lowest BCUT2D eigenvalue weighted by Gasteiger charge is -2.27. The monoisotopic (exact) mass is 489 g/mol. The molecule has 7 heteroatoms. The molecule has 0 atom stereocenters. The first kappa shape index (κ1) is 25.2. The van der Waals surface area contributed by atoms with Gasteiger partial charge in [-0.3, -0.25) is 14.4 Å². The molecule has 188 valence electrons. The van der Waals surface area contributed by atoms with Crippen molar-refractivity contribution >= 4 is 17.5 Å². The summed E-state index contributed by atoms with van der Waals surface area (Å²) < 4.78 is 16.5. The number of ether oxygens (including phenoxy) is 3. The summed E-state index contributed by atoms with van der Waals surface area (Å²) >= 11 is 0. The van der Waals surface area contributed by atoms with Crippen molar-refractivity contribution in [1.29, 1.82) is 0 Å². The van der Waals surface area contributed by atoms with E-state index in [0.29, 0.717) is 29.1 Å². The highest BCUT2D eigenvalue weighted by Crippen LogP contribution is 2.30. The first-order chi connectivity index (χ1) is 17.4. The zero-order chi connectivity index (χ0) is 25.7. The molecule has 2 aromatic carbocycles. The molecule has 0 bridgehead atoms. The van der Waals surface area contributed by atoms with Crippen LogP contribution in [0, 0.1) is 0 Å². The highest BCUT2D eigenvalue weighted by Gasteiger charge is 2.34. The minimum absolute atomic E-state index is 0.0574. The molecule has 1 saturated heterocycles. The summed E-state index contributed by atoms with van der Waals surface area (Å²) in [5.41, 5.74) is 2.88. The number of carbonyl (C=O) groups excluding carboxylic acids is 3. The number of ketones is 2. The summed E-state index contributed by atoms with van der Waals surface area (Å²) in [7, 11) is 2.68. The Hall–Kier alpha value is -3.87. The predicted molar refractivity (Wildman–Crippen MR) is 134 cm³/mol. The van der Waals surface area contributed by atoms with E-state index in [1.165, 1.54) is 14.2 Å². The van der Waals surface area contributed by atoms with Crippen molar-refractivity contribution < 1.29 is 28.6 Å². The molecule has 2 aromatic rings. The topological polar surface area (TPSA) is 82.1 Å². The lowest BCUT2D eigenvalue weighted by atomic mass is 9.88. The number of piperidine rings is 1. The molecule has 1 heterocycles. The highest BCUT2D eigenvalue weighted by atomic mass is 16.5. The van der Waals surface area contributed by atoms with Gasteiger partial charge in [-0.1, -0.05) is 36.4 Å². The molecular formula is C29H31NO6. The predicted octanol–water partition coefficient (Wildman–Crippen LogP) is 4.41. The number of hydrogen-bond donors (Lipinski definition) is 0. The van der Waals surface area contributed by atoms with Crippen LogP contribution in [0.15, 0.2) is 71.2 Å². The van der Waals surface area contributed by atoms with E-state index in [9.17, 15) is 14.4 Å². The van der Waals surface area contributed by atoms with Gasteiger partial charge in [0.2, 0.25) is 23.1 Å². The van der Waals surface area contributed by atoms with Crippen molar-refractivity contribution in [3.63, 3.8) is 0 Å². The fourth-order valence-electron chi connectivity index (χ4n) is 4.58. The second-order valence-electron chi connectivity index (χ2n) is 8.96. The van der Waals surface area contributed by atoms with E-state index in [-0.39, 0.29) is 35.4 Å². The van der Waals surface area contributed by atoms with Gasteiger partial charge in [-0.2, -0.15) is 0 Å². The molecule has 7 nitrogen and oxygen atoms in total. The molecule has 0 N–H and O–H groups in total. The van der Waals surface area contributed by atoms with Crippen LogP contribution in [0.2, 0.25) is 0 Å². The van der Waals surface area contributed by atoms with E-state index in [2.05, 4.69) is 0 Å². The summed E-state index contributed by atoms with van der Waals surface area (Å²) in [5, 5.41) is 0. The Labute approximate surface area is 211 Å². The summed E-state index contributed by atoms with van der Waals surface area (Å²) in [6.45, 7) is 3.38. The van der Waals surface area contributed by atoms with Crippen molar-refractivity contribution in [2.45, 2.75) is 39.2 Å². The van der Waals surface area contributed by atoms with Gasteiger partial charge in [0, 0.05) is 30.7 Å². The second-order valence-corrected chi connectivity index (χ2v) is 8.96. The summed E-state index contributed by atoms with van der Waals surface area (Å²) in [6.07, 6.45) is 3.31. The van der Waals surface area contributed by atoms with Crippen molar-refractivity contribution in [3.05, 3.63) is 87.9 Å². The summed E-state index contributed by atoms with van der Waals surface area (Å²) in [5.74, 6) is -0.537. The summed E-state index contributed by atoms with van der Waals surface area (Å²) in [4.78, 5) is 41.1. The number of hydrogen-bond acceptors (Lipinski definition) is 6. The van der Waals surface area contributed by atoms with Crippen molar-refractivity contribution in [1.82, 2.24) is 4.90 Å². The van der Waals surface area contributed by atoms with Gasteiger partial charge in [0.1, 0.15) is 12.4 Å². The maximum absolute atomic E-state index is 13.3. The largest absolute Gasteiger partial charge is 0.489 e. The first-order valence-electron chi connectivity index (χ1n) is 12.1. The molecule has 0 unspecified atom stereocenters. The van der Waals surface area contributed by atoms with Crippen LogP contribution in [0.25, 0.3) is 0 Å². The zero-order valence-electron chi connectivity index (χ0n) is 21.0. The van der Waals surface area contributed by atoms with Crippen LogP contribution < -0.4 is 4.74 Å². The number of rotatable bonds is 8. The Morgan fingerprint density at radius 2 is 1.53 bits per heavy atom. The van der Waals surface area contributed by atoms with Gasteiger partial charge in [0.05, 0.1) is 19.8 Å². The van der Waals surface area contributed by atoms with Crippen LogP contribution in [0.5, 0.6) is 5.75 Å². The number of benzene rings is 2. The maximum Gasteiger partial charge on any atom is 0.257 e. The van der Waals surface area contributed by atoms with Crippen molar-refractivity contribution in [2.75, 3.05) is 27.3 Å². The fourth-order valence-corrected chi connectivity index (χ4v) is 4.58. The van der Waals surface area contributed by atoms with Gasteiger partial charge in [-0.25, -0.2) is 0 Å². The van der Waals surface area contributed by atoms with E-state index in [0.717, 1.165) is 43.5 Å². The molecular weight excluding hydrogens is 458 g/mol. The van der Waals surface area contributed by atoms with Crippen LogP contribution in [0.3, 0.4) is 0 Å². The molecule has 1 amide bonds. The van der Waals surface area contributed by atoms with Crippen molar-refractivity contribution in [2.24, 2.45) is 0 Å². The Morgan fingerprint density at radius 1 is 0.861 bits per heavy atom. The van der Waals surface area contributed by atoms with Gasteiger partial charge >= 0.3 is 0 Å². The first-order valence-corrected chi connectivity index (χ1v) is 12.1.